The standard InChI is InChI=1S/C22H16N2O3S/c1-27-19-12-13-21-20(14-19)23-22(28-21)17-8-4-15(5-9-17)2-3-16-6-10-18(11-7-16)24(25)26/h2-14H,1H3/b3-2+. The highest BCUT2D eigenvalue weighted by atomic mass is 32.1. The first kappa shape index (κ1) is 17.9. The summed E-state index contributed by atoms with van der Waals surface area (Å²) in [7, 11) is 1.65. The molecular formula is C22H16N2O3S. The molecule has 0 aliphatic heterocycles. The van der Waals surface area contributed by atoms with Gasteiger partial charge in [0, 0.05) is 23.8 Å². The molecule has 4 rings (SSSR count). The van der Waals surface area contributed by atoms with E-state index in [0.29, 0.717) is 0 Å². The van der Waals surface area contributed by atoms with Gasteiger partial charge in [-0.2, -0.15) is 0 Å². The Morgan fingerprint density at radius 2 is 1.61 bits per heavy atom. The van der Waals surface area contributed by atoms with E-state index in [0.717, 1.165) is 37.7 Å². The Bertz CT molecular complexity index is 1160. The number of ether oxygens (including phenoxy) is 1. The summed E-state index contributed by atoms with van der Waals surface area (Å²) >= 11 is 1.65. The molecule has 0 bridgehead atoms. The molecule has 0 aliphatic carbocycles. The van der Waals surface area contributed by atoms with E-state index in [2.05, 4.69) is 0 Å². The predicted molar refractivity (Wildman–Crippen MR) is 114 cm³/mol. The number of nitro groups is 1. The Morgan fingerprint density at radius 3 is 2.21 bits per heavy atom. The van der Waals surface area contributed by atoms with E-state index in [1.54, 1.807) is 30.6 Å². The van der Waals surface area contributed by atoms with Gasteiger partial charge in [-0.1, -0.05) is 36.4 Å². The molecule has 6 heteroatoms. The van der Waals surface area contributed by atoms with Gasteiger partial charge in [0.05, 0.1) is 22.2 Å². The average molecular weight is 388 g/mol. The van der Waals surface area contributed by atoms with Gasteiger partial charge >= 0.3 is 0 Å². The molecule has 0 saturated heterocycles. The fourth-order valence-corrected chi connectivity index (χ4v) is 3.75. The average Bonchev–Trinajstić information content (AvgIpc) is 3.16. The number of nitro benzene ring substituents is 1. The Labute approximate surface area is 165 Å². The van der Waals surface area contributed by atoms with Crippen LogP contribution in [0.2, 0.25) is 0 Å². The summed E-state index contributed by atoms with van der Waals surface area (Å²) in [6.07, 6.45) is 3.91. The van der Waals surface area contributed by atoms with E-state index in [9.17, 15) is 10.1 Å². The smallest absolute Gasteiger partial charge is 0.269 e. The minimum Gasteiger partial charge on any atom is -0.497 e. The van der Waals surface area contributed by atoms with Gasteiger partial charge in [-0.05, 0) is 35.4 Å². The summed E-state index contributed by atoms with van der Waals surface area (Å²) in [6, 6.07) is 20.5. The van der Waals surface area contributed by atoms with Crippen molar-refractivity contribution in [3.63, 3.8) is 0 Å². The van der Waals surface area contributed by atoms with Crippen LogP contribution in [0.1, 0.15) is 11.1 Å². The zero-order valence-electron chi connectivity index (χ0n) is 15.0. The molecular weight excluding hydrogens is 372 g/mol. The highest BCUT2D eigenvalue weighted by molar-refractivity contribution is 7.21. The van der Waals surface area contributed by atoms with E-state index in [1.807, 2.05) is 54.6 Å². The molecule has 0 amide bonds. The topological polar surface area (TPSA) is 65.3 Å². The third-order valence-corrected chi connectivity index (χ3v) is 5.41. The molecule has 4 aromatic rings. The number of nitrogens with zero attached hydrogens (tertiary/aromatic N) is 2. The number of methoxy groups -OCH3 is 1. The van der Waals surface area contributed by atoms with Crippen LogP contribution in [-0.4, -0.2) is 17.0 Å². The molecule has 1 heterocycles. The van der Waals surface area contributed by atoms with Gasteiger partial charge in [-0.15, -0.1) is 11.3 Å². The van der Waals surface area contributed by atoms with Gasteiger partial charge in [0.1, 0.15) is 10.8 Å². The molecule has 1 aromatic heterocycles. The summed E-state index contributed by atoms with van der Waals surface area (Å²) in [5.41, 5.74) is 4.05. The molecule has 0 aliphatic rings. The largest absolute Gasteiger partial charge is 0.497 e. The van der Waals surface area contributed by atoms with Crippen molar-refractivity contribution in [2.75, 3.05) is 7.11 Å². The second kappa shape index (κ2) is 7.62. The Morgan fingerprint density at radius 1 is 0.964 bits per heavy atom. The van der Waals surface area contributed by atoms with Gasteiger partial charge < -0.3 is 4.74 Å². The van der Waals surface area contributed by atoms with Gasteiger partial charge in [0.15, 0.2) is 0 Å². The maximum atomic E-state index is 10.7. The van der Waals surface area contributed by atoms with Crippen LogP contribution in [0.4, 0.5) is 5.69 Å². The van der Waals surface area contributed by atoms with Gasteiger partial charge in [-0.3, -0.25) is 10.1 Å². The molecule has 28 heavy (non-hydrogen) atoms. The minimum atomic E-state index is -0.398. The summed E-state index contributed by atoms with van der Waals surface area (Å²) in [4.78, 5) is 15.0. The number of thiazole rings is 1. The number of rotatable bonds is 5. The number of hydrogen-bond acceptors (Lipinski definition) is 5. The lowest BCUT2D eigenvalue weighted by atomic mass is 10.1. The zero-order chi connectivity index (χ0) is 19.5. The summed E-state index contributed by atoms with van der Waals surface area (Å²) in [5.74, 6) is 0.802. The molecule has 0 radical (unpaired) electrons. The molecule has 0 spiro atoms. The van der Waals surface area contributed by atoms with Crippen LogP contribution in [-0.2, 0) is 0 Å². The van der Waals surface area contributed by atoms with Crippen LogP contribution in [0.5, 0.6) is 5.75 Å². The molecule has 138 valence electrons. The summed E-state index contributed by atoms with van der Waals surface area (Å²) in [5, 5.41) is 11.7. The maximum absolute atomic E-state index is 10.7. The van der Waals surface area contributed by atoms with E-state index < -0.39 is 4.92 Å². The minimum absolute atomic E-state index is 0.0926. The van der Waals surface area contributed by atoms with Crippen molar-refractivity contribution in [1.29, 1.82) is 0 Å². The highest BCUT2D eigenvalue weighted by Gasteiger charge is 2.07. The van der Waals surface area contributed by atoms with Crippen molar-refractivity contribution in [1.82, 2.24) is 4.98 Å². The lowest BCUT2D eigenvalue weighted by molar-refractivity contribution is -0.384. The SMILES string of the molecule is COc1ccc2sc(-c3ccc(/C=C/c4ccc([N+](=O)[O-])cc4)cc3)nc2c1. The molecule has 0 unspecified atom stereocenters. The predicted octanol–water partition coefficient (Wildman–Crippen LogP) is 6.05. The lowest BCUT2D eigenvalue weighted by Gasteiger charge is -1.98. The third kappa shape index (κ3) is 3.77. The number of hydrogen-bond donors (Lipinski definition) is 0. The van der Waals surface area contributed by atoms with Crippen LogP contribution in [0.3, 0.4) is 0 Å². The molecule has 0 N–H and O–H groups in total. The monoisotopic (exact) mass is 388 g/mol. The van der Waals surface area contributed by atoms with Gasteiger partial charge in [-0.25, -0.2) is 4.98 Å². The molecule has 5 nitrogen and oxygen atoms in total. The summed E-state index contributed by atoms with van der Waals surface area (Å²) < 4.78 is 6.38. The van der Waals surface area contributed by atoms with Crippen molar-refractivity contribution >= 4 is 39.4 Å². The Hall–Kier alpha value is -3.51. The van der Waals surface area contributed by atoms with E-state index in [-0.39, 0.29) is 5.69 Å². The van der Waals surface area contributed by atoms with E-state index in [4.69, 9.17) is 9.72 Å². The Balaban J connectivity index is 1.52. The fraction of sp³-hybridized carbons (Fsp3) is 0.0455. The summed E-state index contributed by atoms with van der Waals surface area (Å²) in [6.45, 7) is 0. The van der Waals surface area contributed by atoms with Crippen LogP contribution < -0.4 is 4.74 Å². The van der Waals surface area contributed by atoms with Crippen LogP contribution in [0.15, 0.2) is 66.7 Å². The Kier molecular flexibility index (Phi) is 4.87. The number of benzene rings is 3. The van der Waals surface area contributed by atoms with Crippen molar-refractivity contribution in [3.05, 3.63) is 88.0 Å². The van der Waals surface area contributed by atoms with E-state index in [1.165, 1.54) is 12.1 Å². The first-order chi connectivity index (χ1) is 13.6. The maximum Gasteiger partial charge on any atom is 0.269 e. The second-order valence-electron chi connectivity index (χ2n) is 6.16. The normalized spacial score (nSPS) is 11.2. The fourth-order valence-electron chi connectivity index (χ4n) is 2.79. The zero-order valence-corrected chi connectivity index (χ0v) is 15.8. The quantitative estimate of drug-likeness (QED) is 0.237. The number of non-ortho nitro benzene ring substituents is 1. The van der Waals surface area contributed by atoms with E-state index >= 15 is 0 Å². The van der Waals surface area contributed by atoms with Gasteiger partial charge in [0.25, 0.3) is 5.69 Å². The number of aromatic nitrogens is 1. The first-order valence-corrected chi connectivity index (χ1v) is 9.41. The number of fused-ring (bicyclic) bond motifs is 1. The second-order valence-corrected chi connectivity index (χ2v) is 7.19. The lowest BCUT2D eigenvalue weighted by Crippen LogP contribution is -1.86. The molecule has 0 fully saturated rings. The molecule has 0 saturated carbocycles. The first-order valence-electron chi connectivity index (χ1n) is 8.60. The van der Waals surface area contributed by atoms with Crippen molar-refractivity contribution in [3.8, 4) is 16.3 Å². The van der Waals surface area contributed by atoms with Crippen molar-refractivity contribution < 1.29 is 9.66 Å². The molecule has 3 aromatic carbocycles. The molecule has 0 atom stereocenters. The van der Waals surface area contributed by atoms with Crippen LogP contribution in [0.25, 0.3) is 32.9 Å². The van der Waals surface area contributed by atoms with Crippen LogP contribution in [0, 0.1) is 10.1 Å². The third-order valence-electron chi connectivity index (χ3n) is 4.32. The van der Waals surface area contributed by atoms with Crippen molar-refractivity contribution in [2.45, 2.75) is 0 Å². The highest BCUT2D eigenvalue weighted by Crippen LogP contribution is 2.32. The van der Waals surface area contributed by atoms with Crippen LogP contribution >= 0.6 is 11.3 Å². The van der Waals surface area contributed by atoms with Gasteiger partial charge in [0.2, 0.25) is 0 Å². The van der Waals surface area contributed by atoms with Crippen molar-refractivity contribution in [2.24, 2.45) is 0 Å².